The molecule has 1 atom stereocenters. The van der Waals surface area contributed by atoms with Gasteiger partial charge in [-0.15, -0.1) is 10.2 Å². The van der Waals surface area contributed by atoms with Crippen LogP contribution in [0.4, 0.5) is 11.6 Å². The number of fused-ring (bicyclic) bond motifs is 1. The standard InChI is InChI=1S/C21H25N5O2/c1-3-28-18-11-9-17(10-12-18)22-20(27)16-7-5-13-25(14-16)21-24-23-19-8-4-6-15(2)26(19)21/h4,6,8-12,16H,3,5,7,13-14H2,1-2H3,(H,22,27). The Hall–Kier alpha value is -3.09. The summed E-state index contributed by atoms with van der Waals surface area (Å²) in [7, 11) is 0. The fourth-order valence-corrected chi connectivity index (χ4v) is 3.71. The molecule has 0 saturated carbocycles. The Labute approximate surface area is 164 Å². The molecule has 7 heteroatoms. The zero-order valence-corrected chi connectivity index (χ0v) is 16.3. The maximum absolute atomic E-state index is 12.8. The number of hydrogen-bond acceptors (Lipinski definition) is 5. The Kier molecular flexibility index (Phi) is 5.14. The van der Waals surface area contributed by atoms with Gasteiger partial charge >= 0.3 is 0 Å². The van der Waals surface area contributed by atoms with Crippen molar-refractivity contribution in [2.75, 3.05) is 29.9 Å². The molecule has 1 amide bonds. The van der Waals surface area contributed by atoms with Gasteiger partial charge in [-0.05, 0) is 63.1 Å². The van der Waals surface area contributed by atoms with Gasteiger partial charge in [0, 0.05) is 24.5 Å². The van der Waals surface area contributed by atoms with E-state index in [2.05, 4.69) is 20.4 Å². The fraction of sp³-hybridized carbons (Fsp3) is 0.381. The number of benzene rings is 1. The second kappa shape index (κ2) is 7.88. The summed E-state index contributed by atoms with van der Waals surface area (Å²) in [5.41, 5.74) is 2.70. The van der Waals surface area contributed by atoms with Crippen LogP contribution in [0, 0.1) is 12.8 Å². The van der Waals surface area contributed by atoms with E-state index in [9.17, 15) is 4.79 Å². The largest absolute Gasteiger partial charge is 0.494 e. The predicted molar refractivity (Wildman–Crippen MR) is 109 cm³/mol. The molecule has 2 aromatic heterocycles. The molecular weight excluding hydrogens is 354 g/mol. The van der Waals surface area contributed by atoms with E-state index in [1.165, 1.54) is 0 Å². The lowest BCUT2D eigenvalue weighted by molar-refractivity contribution is -0.120. The molecule has 0 radical (unpaired) electrons. The molecule has 1 saturated heterocycles. The number of carbonyl (C=O) groups excluding carboxylic acids is 1. The van der Waals surface area contributed by atoms with Gasteiger partial charge in [0.25, 0.3) is 0 Å². The smallest absolute Gasteiger partial charge is 0.231 e. The molecule has 3 aromatic rings. The number of amides is 1. The van der Waals surface area contributed by atoms with Crippen LogP contribution >= 0.6 is 0 Å². The number of piperidine rings is 1. The van der Waals surface area contributed by atoms with Crippen LogP contribution in [0.25, 0.3) is 5.65 Å². The van der Waals surface area contributed by atoms with Gasteiger partial charge < -0.3 is 15.0 Å². The molecule has 4 rings (SSSR count). The summed E-state index contributed by atoms with van der Waals surface area (Å²) in [6.07, 6.45) is 1.82. The van der Waals surface area contributed by atoms with Crippen LogP contribution in [-0.4, -0.2) is 40.2 Å². The van der Waals surface area contributed by atoms with E-state index in [-0.39, 0.29) is 11.8 Å². The van der Waals surface area contributed by atoms with Crippen molar-refractivity contribution in [1.82, 2.24) is 14.6 Å². The minimum absolute atomic E-state index is 0.0411. The van der Waals surface area contributed by atoms with Gasteiger partial charge in [0.05, 0.1) is 12.5 Å². The average molecular weight is 379 g/mol. The van der Waals surface area contributed by atoms with E-state index in [1.807, 2.05) is 60.7 Å². The highest BCUT2D eigenvalue weighted by molar-refractivity contribution is 5.93. The molecule has 1 aromatic carbocycles. The Balaban J connectivity index is 1.46. The zero-order valence-electron chi connectivity index (χ0n) is 16.3. The highest BCUT2D eigenvalue weighted by Crippen LogP contribution is 2.25. The summed E-state index contributed by atoms with van der Waals surface area (Å²) in [4.78, 5) is 15.0. The number of pyridine rings is 1. The van der Waals surface area contributed by atoms with Crippen molar-refractivity contribution >= 4 is 23.2 Å². The number of nitrogens with zero attached hydrogens (tertiary/aromatic N) is 4. The van der Waals surface area contributed by atoms with E-state index in [4.69, 9.17) is 4.74 Å². The topological polar surface area (TPSA) is 71.8 Å². The van der Waals surface area contributed by atoms with E-state index in [1.54, 1.807) is 0 Å². The van der Waals surface area contributed by atoms with Gasteiger partial charge in [-0.3, -0.25) is 9.20 Å². The van der Waals surface area contributed by atoms with Gasteiger partial charge in [0.15, 0.2) is 5.65 Å². The second-order valence-corrected chi connectivity index (χ2v) is 7.09. The zero-order chi connectivity index (χ0) is 19.5. The lowest BCUT2D eigenvalue weighted by Gasteiger charge is -2.32. The summed E-state index contributed by atoms with van der Waals surface area (Å²) in [6.45, 7) is 6.13. The number of hydrogen-bond donors (Lipinski definition) is 1. The van der Waals surface area contributed by atoms with Gasteiger partial charge in [-0.2, -0.15) is 0 Å². The molecule has 0 bridgehead atoms. The van der Waals surface area contributed by atoms with Crippen LogP contribution in [0.3, 0.4) is 0 Å². The molecule has 28 heavy (non-hydrogen) atoms. The first-order chi connectivity index (χ1) is 13.7. The van der Waals surface area contributed by atoms with Crippen LogP contribution in [-0.2, 0) is 4.79 Å². The maximum atomic E-state index is 12.8. The minimum Gasteiger partial charge on any atom is -0.494 e. The first-order valence-electron chi connectivity index (χ1n) is 9.75. The Morgan fingerprint density at radius 2 is 2.04 bits per heavy atom. The van der Waals surface area contributed by atoms with Crippen molar-refractivity contribution in [3.8, 4) is 5.75 Å². The first kappa shape index (κ1) is 18.3. The predicted octanol–water partition coefficient (Wildman–Crippen LogP) is 3.29. The molecule has 1 N–H and O–H groups in total. The Morgan fingerprint density at radius 3 is 2.82 bits per heavy atom. The van der Waals surface area contributed by atoms with Gasteiger partial charge in [-0.1, -0.05) is 6.07 Å². The second-order valence-electron chi connectivity index (χ2n) is 7.09. The summed E-state index contributed by atoms with van der Waals surface area (Å²) < 4.78 is 7.50. The van der Waals surface area contributed by atoms with Crippen molar-refractivity contribution < 1.29 is 9.53 Å². The summed E-state index contributed by atoms with van der Waals surface area (Å²) in [6, 6.07) is 13.5. The van der Waals surface area contributed by atoms with E-state index < -0.39 is 0 Å². The number of aromatic nitrogens is 3. The molecule has 1 unspecified atom stereocenters. The lowest BCUT2D eigenvalue weighted by atomic mass is 9.97. The first-order valence-corrected chi connectivity index (χ1v) is 9.75. The molecule has 1 aliphatic rings. The van der Waals surface area contributed by atoms with E-state index >= 15 is 0 Å². The van der Waals surface area contributed by atoms with Gasteiger partial charge in [-0.25, -0.2) is 0 Å². The van der Waals surface area contributed by atoms with Crippen molar-refractivity contribution in [3.63, 3.8) is 0 Å². The number of aryl methyl sites for hydroxylation is 1. The number of anilines is 2. The molecule has 7 nitrogen and oxygen atoms in total. The van der Waals surface area contributed by atoms with Crippen LogP contribution in [0.2, 0.25) is 0 Å². The van der Waals surface area contributed by atoms with E-state index in [0.717, 1.165) is 48.1 Å². The van der Waals surface area contributed by atoms with Crippen LogP contribution in [0.1, 0.15) is 25.5 Å². The quantitative estimate of drug-likeness (QED) is 0.736. The summed E-state index contributed by atoms with van der Waals surface area (Å²) in [5, 5.41) is 11.7. The highest BCUT2D eigenvalue weighted by Gasteiger charge is 2.28. The van der Waals surface area contributed by atoms with Gasteiger partial charge in [0.1, 0.15) is 5.75 Å². The monoisotopic (exact) mass is 379 g/mol. The van der Waals surface area contributed by atoms with Crippen LogP contribution < -0.4 is 15.0 Å². The number of nitrogens with one attached hydrogen (secondary N) is 1. The molecule has 0 spiro atoms. The summed E-state index contributed by atoms with van der Waals surface area (Å²) in [5.74, 6) is 1.57. The SMILES string of the molecule is CCOc1ccc(NC(=O)C2CCCN(c3nnc4cccc(C)n34)C2)cc1. The number of carbonyl (C=O) groups is 1. The highest BCUT2D eigenvalue weighted by atomic mass is 16.5. The molecule has 1 aliphatic heterocycles. The third-order valence-corrected chi connectivity index (χ3v) is 5.11. The van der Waals surface area contributed by atoms with Crippen molar-refractivity contribution in [3.05, 3.63) is 48.2 Å². The molecule has 1 fully saturated rings. The Bertz CT molecular complexity index is 967. The van der Waals surface area contributed by atoms with Crippen molar-refractivity contribution in [2.45, 2.75) is 26.7 Å². The lowest BCUT2D eigenvalue weighted by Crippen LogP contribution is -2.41. The minimum atomic E-state index is -0.0864. The molecule has 146 valence electrons. The van der Waals surface area contributed by atoms with Crippen LogP contribution in [0.15, 0.2) is 42.5 Å². The van der Waals surface area contributed by atoms with Crippen molar-refractivity contribution in [1.29, 1.82) is 0 Å². The maximum Gasteiger partial charge on any atom is 0.231 e. The van der Waals surface area contributed by atoms with E-state index in [0.29, 0.717) is 13.2 Å². The normalized spacial score (nSPS) is 16.9. The fourth-order valence-electron chi connectivity index (χ4n) is 3.71. The van der Waals surface area contributed by atoms with Gasteiger partial charge in [0.2, 0.25) is 11.9 Å². The molecule has 3 heterocycles. The third kappa shape index (κ3) is 3.65. The molecule has 0 aliphatic carbocycles. The van der Waals surface area contributed by atoms with Crippen molar-refractivity contribution in [2.24, 2.45) is 5.92 Å². The van der Waals surface area contributed by atoms with Crippen LogP contribution in [0.5, 0.6) is 5.75 Å². The number of rotatable bonds is 5. The Morgan fingerprint density at radius 1 is 1.21 bits per heavy atom. The summed E-state index contributed by atoms with van der Waals surface area (Å²) >= 11 is 0. The average Bonchev–Trinajstić information content (AvgIpc) is 3.15. The molecular formula is C21H25N5O2. The number of ether oxygens (including phenoxy) is 1. The third-order valence-electron chi connectivity index (χ3n) is 5.11.